The predicted molar refractivity (Wildman–Crippen MR) is 65.2 cm³/mol. The number of carbonyl (C=O) groups is 2. The summed E-state index contributed by atoms with van der Waals surface area (Å²) in [5.41, 5.74) is 0. The maximum atomic E-state index is 12.1. The molecule has 0 amide bonds. The molecule has 0 aliphatic heterocycles. The SMILES string of the molecule is O=C1C=CC[C@H]2CC=CC3CC=CC(=O)[C@H]3C12. The van der Waals surface area contributed by atoms with Crippen LogP contribution in [0.25, 0.3) is 0 Å². The van der Waals surface area contributed by atoms with Gasteiger partial charge in [-0.15, -0.1) is 0 Å². The van der Waals surface area contributed by atoms with Crippen LogP contribution in [0.2, 0.25) is 0 Å². The van der Waals surface area contributed by atoms with Gasteiger partial charge in [-0.3, -0.25) is 9.59 Å². The summed E-state index contributed by atoms with van der Waals surface area (Å²) in [6.45, 7) is 0. The standard InChI is InChI=1S/C15H16O2/c16-12-8-2-6-10-4-1-5-11-7-3-9-13(17)15(11)14(10)12/h1-4,8-11,14-15H,5-7H2/t10?,11-,14+,15?/m1/s1. The molecule has 0 aromatic heterocycles. The van der Waals surface area contributed by atoms with E-state index in [1.807, 2.05) is 12.2 Å². The Kier molecular flexibility index (Phi) is 2.58. The van der Waals surface area contributed by atoms with Crippen molar-refractivity contribution in [2.75, 3.05) is 0 Å². The number of hydrogen-bond acceptors (Lipinski definition) is 2. The van der Waals surface area contributed by atoms with E-state index < -0.39 is 0 Å². The molecule has 0 aromatic rings. The number of carbonyl (C=O) groups excluding carboxylic acids is 2. The maximum absolute atomic E-state index is 12.1. The van der Waals surface area contributed by atoms with Gasteiger partial charge in [0.2, 0.25) is 0 Å². The number of rotatable bonds is 0. The van der Waals surface area contributed by atoms with E-state index in [1.54, 1.807) is 12.2 Å². The zero-order valence-corrected chi connectivity index (χ0v) is 9.71. The zero-order chi connectivity index (χ0) is 11.8. The van der Waals surface area contributed by atoms with Crippen molar-refractivity contribution in [2.45, 2.75) is 19.3 Å². The number of allylic oxidation sites excluding steroid dienone is 6. The van der Waals surface area contributed by atoms with E-state index in [1.165, 1.54) is 0 Å². The molecule has 0 radical (unpaired) electrons. The molecule has 0 saturated carbocycles. The van der Waals surface area contributed by atoms with Gasteiger partial charge >= 0.3 is 0 Å². The highest BCUT2D eigenvalue weighted by atomic mass is 16.1. The largest absolute Gasteiger partial charge is 0.295 e. The average Bonchev–Trinajstić information content (AvgIpc) is 2.50. The van der Waals surface area contributed by atoms with Crippen molar-refractivity contribution in [3.05, 3.63) is 36.5 Å². The molecule has 3 aliphatic rings. The molecule has 17 heavy (non-hydrogen) atoms. The van der Waals surface area contributed by atoms with Gasteiger partial charge in [0, 0.05) is 11.8 Å². The van der Waals surface area contributed by atoms with E-state index in [2.05, 4.69) is 12.2 Å². The molecule has 3 aliphatic carbocycles. The lowest BCUT2D eigenvalue weighted by Gasteiger charge is -2.34. The molecule has 0 spiro atoms. The van der Waals surface area contributed by atoms with Crippen molar-refractivity contribution < 1.29 is 9.59 Å². The zero-order valence-electron chi connectivity index (χ0n) is 9.71. The van der Waals surface area contributed by atoms with Gasteiger partial charge in [-0.25, -0.2) is 0 Å². The van der Waals surface area contributed by atoms with E-state index >= 15 is 0 Å². The smallest absolute Gasteiger partial charge is 0.159 e. The summed E-state index contributed by atoms with van der Waals surface area (Å²) in [5.74, 6) is 0.667. The Balaban J connectivity index is 2.02. The van der Waals surface area contributed by atoms with Gasteiger partial charge in [0.15, 0.2) is 11.6 Å². The fourth-order valence-electron chi connectivity index (χ4n) is 3.44. The summed E-state index contributed by atoms with van der Waals surface area (Å²) < 4.78 is 0. The lowest BCUT2D eigenvalue weighted by Crippen LogP contribution is -2.39. The van der Waals surface area contributed by atoms with Crippen LogP contribution in [0.15, 0.2) is 36.5 Å². The molecule has 3 rings (SSSR count). The Bertz CT molecular complexity index is 442. The minimum atomic E-state index is -0.110. The van der Waals surface area contributed by atoms with Gasteiger partial charge in [-0.05, 0) is 43.3 Å². The summed E-state index contributed by atoms with van der Waals surface area (Å²) in [6, 6.07) is 0. The number of fused-ring (bicyclic) bond motifs is 3. The Morgan fingerprint density at radius 2 is 1.47 bits per heavy atom. The van der Waals surface area contributed by atoms with Crippen molar-refractivity contribution in [2.24, 2.45) is 23.7 Å². The van der Waals surface area contributed by atoms with Crippen molar-refractivity contribution in [3.63, 3.8) is 0 Å². The van der Waals surface area contributed by atoms with Crippen LogP contribution < -0.4 is 0 Å². The van der Waals surface area contributed by atoms with Gasteiger partial charge < -0.3 is 0 Å². The van der Waals surface area contributed by atoms with Crippen LogP contribution in [0.4, 0.5) is 0 Å². The first-order chi connectivity index (χ1) is 8.27. The fourth-order valence-corrected chi connectivity index (χ4v) is 3.44. The highest BCUT2D eigenvalue weighted by Gasteiger charge is 2.43. The highest BCUT2D eigenvalue weighted by Crippen LogP contribution is 2.42. The summed E-state index contributed by atoms with van der Waals surface area (Å²) in [4.78, 5) is 24.2. The molecule has 0 fully saturated rings. The monoisotopic (exact) mass is 228 g/mol. The first kappa shape index (κ1) is 10.7. The third-order valence-electron chi connectivity index (χ3n) is 4.25. The van der Waals surface area contributed by atoms with E-state index in [-0.39, 0.29) is 29.3 Å². The van der Waals surface area contributed by atoms with Crippen LogP contribution in [0.5, 0.6) is 0 Å². The fraction of sp³-hybridized carbons (Fsp3) is 0.467. The van der Waals surface area contributed by atoms with Gasteiger partial charge in [-0.1, -0.05) is 24.3 Å². The molecule has 0 bridgehead atoms. The summed E-state index contributed by atoms with van der Waals surface area (Å²) in [5, 5.41) is 0. The molecular formula is C15H16O2. The van der Waals surface area contributed by atoms with Gasteiger partial charge in [0.1, 0.15) is 0 Å². The quantitative estimate of drug-likeness (QED) is 0.597. The first-order valence-electron chi connectivity index (χ1n) is 6.35. The van der Waals surface area contributed by atoms with Gasteiger partial charge in [0.25, 0.3) is 0 Å². The average molecular weight is 228 g/mol. The molecule has 2 unspecified atom stereocenters. The Hall–Kier alpha value is -1.44. The van der Waals surface area contributed by atoms with Crippen molar-refractivity contribution in [1.29, 1.82) is 0 Å². The Morgan fingerprint density at radius 1 is 0.824 bits per heavy atom. The van der Waals surface area contributed by atoms with Crippen LogP contribution in [-0.4, -0.2) is 11.6 Å². The lowest BCUT2D eigenvalue weighted by atomic mass is 9.67. The molecule has 0 heterocycles. The molecule has 88 valence electrons. The molecular weight excluding hydrogens is 212 g/mol. The van der Waals surface area contributed by atoms with Crippen molar-refractivity contribution >= 4 is 11.6 Å². The molecule has 4 atom stereocenters. The van der Waals surface area contributed by atoms with Crippen LogP contribution >= 0.6 is 0 Å². The van der Waals surface area contributed by atoms with E-state index in [0.29, 0.717) is 5.92 Å². The molecule has 0 saturated heterocycles. The summed E-state index contributed by atoms with van der Waals surface area (Å²) in [6.07, 6.45) is 14.3. The summed E-state index contributed by atoms with van der Waals surface area (Å²) >= 11 is 0. The highest BCUT2D eigenvalue weighted by molar-refractivity contribution is 6.01. The van der Waals surface area contributed by atoms with Gasteiger partial charge in [0.05, 0.1) is 0 Å². The van der Waals surface area contributed by atoms with Gasteiger partial charge in [-0.2, -0.15) is 0 Å². The Labute approximate surface area is 101 Å². The minimum absolute atomic E-state index is 0.0857. The molecule has 0 aromatic carbocycles. The van der Waals surface area contributed by atoms with Crippen molar-refractivity contribution in [1.82, 2.24) is 0 Å². The Morgan fingerprint density at radius 3 is 2.29 bits per heavy atom. The molecule has 0 N–H and O–H groups in total. The number of hydrogen-bond donors (Lipinski definition) is 0. The van der Waals surface area contributed by atoms with Crippen LogP contribution in [0, 0.1) is 23.7 Å². The van der Waals surface area contributed by atoms with Crippen LogP contribution in [0.3, 0.4) is 0 Å². The molecule has 2 heteroatoms. The lowest BCUT2D eigenvalue weighted by molar-refractivity contribution is -0.131. The van der Waals surface area contributed by atoms with Crippen molar-refractivity contribution in [3.8, 4) is 0 Å². The number of ketones is 2. The van der Waals surface area contributed by atoms with Crippen LogP contribution in [0.1, 0.15) is 19.3 Å². The first-order valence-corrected chi connectivity index (χ1v) is 6.35. The normalized spacial score (nSPS) is 39.8. The van der Waals surface area contributed by atoms with E-state index in [4.69, 9.17) is 0 Å². The second-order valence-electron chi connectivity index (χ2n) is 5.22. The second kappa shape index (κ2) is 4.10. The summed E-state index contributed by atoms with van der Waals surface area (Å²) in [7, 11) is 0. The third kappa shape index (κ3) is 1.72. The minimum Gasteiger partial charge on any atom is -0.295 e. The molecule has 2 nitrogen and oxygen atoms in total. The van der Waals surface area contributed by atoms with E-state index in [0.717, 1.165) is 19.3 Å². The second-order valence-corrected chi connectivity index (χ2v) is 5.22. The maximum Gasteiger partial charge on any atom is 0.159 e. The van der Waals surface area contributed by atoms with E-state index in [9.17, 15) is 9.59 Å². The predicted octanol–water partition coefficient (Wildman–Crippen LogP) is 2.47. The third-order valence-corrected chi connectivity index (χ3v) is 4.25. The van der Waals surface area contributed by atoms with Crippen LogP contribution in [-0.2, 0) is 9.59 Å². The topological polar surface area (TPSA) is 34.1 Å².